The zero-order chi connectivity index (χ0) is 45.4. The number of benzene rings is 1. The van der Waals surface area contributed by atoms with Crippen molar-refractivity contribution >= 4 is 29.5 Å². The van der Waals surface area contributed by atoms with Crippen molar-refractivity contribution in [2.75, 3.05) is 40.1 Å². The van der Waals surface area contributed by atoms with Gasteiger partial charge in [-0.1, -0.05) is 45.0 Å². The Morgan fingerprint density at radius 3 is 2.31 bits per heavy atom. The summed E-state index contributed by atoms with van der Waals surface area (Å²) in [7, 11) is 5.14. The van der Waals surface area contributed by atoms with Gasteiger partial charge in [0, 0.05) is 50.0 Å². The van der Waals surface area contributed by atoms with Crippen LogP contribution in [0, 0.1) is 17.8 Å². The highest BCUT2D eigenvalue weighted by atomic mass is 16.7. The number of methoxy groups -OCH3 is 1. The van der Waals surface area contributed by atoms with E-state index >= 15 is 0 Å². The largest absolute Gasteiger partial charge is 0.460 e. The Bertz CT molecular complexity index is 1790. The van der Waals surface area contributed by atoms with E-state index < -0.39 is 89.5 Å². The summed E-state index contributed by atoms with van der Waals surface area (Å²) in [6.07, 6.45) is -2.19. The quantitative estimate of drug-likeness (QED) is 0.0577. The molecule has 3 heterocycles. The first kappa shape index (κ1) is 49.5. The topological polar surface area (TPSA) is 207 Å². The molecule has 1 aromatic carbocycles. The molecule has 1 amide bonds. The highest BCUT2D eigenvalue weighted by Crippen LogP contribution is 2.41. The van der Waals surface area contributed by atoms with Gasteiger partial charge in [-0.05, 0) is 93.0 Å². The van der Waals surface area contributed by atoms with Gasteiger partial charge in [0.15, 0.2) is 17.7 Å². The van der Waals surface area contributed by atoms with Crippen LogP contribution in [-0.2, 0) is 49.3 Å². The van der Waals surface area contributed by atoms with Gasteiger partial charge in [0.2, 0.25) is 0 Å². The number of hydrogen-bond donors (Lipinski definition) is 2. The van der Waals surface area contributed by atoms with E-state index in [0.717, 1.165) is 5.56 Å². The molecule has 17 heteroatoms. The minimum Gasteiger partial charge on any atom is -0.460 e. The Kier molecular flexibility index (Phi) is 17.3. The number of ketones is 1. The van der Waals surface area contributed by atoms with Crippen molar-refractivity contribution in [3.8, 4) is 11.3 Å². The monoisotopic (exact) mass is 859 g/mol. The summed E-state index contributed by atoms with van der Waals surface area (Å²) in [6.45, 7) is 16.3. The van der Waals surface area contributed by atoms with Gasteiger partial charge >= 0.3 is 18.0 Å². The summed E-state index contributed by atoms with van der Waals surface area (Å²) in [6, 6.07) is 6.16. The standard InChI is InChI=1S/C44H70N6O11/c1-13-33(48(10)11)36(52)41(57-15-3)60-38-27(5)35(51)28(6)40(54)59-34(14-2)44(9)37(29(7)58-39(53)26(4)24-43(38,8)56-12)50(42(55)61-44)22-17-16-21-49-25-32(46-47-49)30-19-18-20-31(45)23-30/h18-20,23,25-29,33-34,36-38,41,52H,13-17,21-22,24,45H2,1-12H3/t26-,27+,28-,29-,33?,34-,36?,37-,38-,41+,43-,44-/m1/s1. The van der Waals surface area contributed by atoms with Crippen LogP contribution in [-0.4, -0.2) is 142 Å². The zero-order valence-corrected chi connectivity index (χ0v) is 38.2. The molecule has 342 valence electrons. The first-order valence-electron chi connectivity index (χ1n) is 21.6. The molecule has 2 saturated heterocycles. The summed E-state index contributed by atoms with van der Waals surface area (Å²) in [5, 5.41) is 20.1. The van der Waals surface area contributed by atoms with E-state index in [1.54, 1.807) is 59.2 Å². The molecule has 0 radical (unpaired) electrons. The summed E-state index contributed by atoms with van der Waals surface area (Å²) < 4.78 is 38.9. The van der Waals surface area contributed by atoms with Crippen LogP contribution in [0.15, 0.2) is 30.5 Å². The molecule has 3 N–H and O–H groups in total. The average molecular weight is 859 g/mol. The number of esters is 2. The van der Waals surface area contributed by atoms with Crippen LogP contribution >= 0.6 is 0 Å². The first-order chi connectivity index (χ1) is 28.8. The molecule has 1 aromatic heterocycles. The second-order valence-electron chi connectivity index (χ2n) is 17.2. The van der Waals surface area contributed by atoms with Crippen LogP contribution < -0.4 is 5.73 Å². The number of likely N-dealkylation sites (N-methyl/N-ethyl adjacent to an activating group) is 1. The molecule has 2 aliphatic heterocycles. The normalized spacial score (nSPS) is 30.8. The molecule has 0 aliphatic carbocycles. The highest BCUT2D eigenvalue weighted by molar-refractivity contribution is 6.00. The maximum Gasteiger partial charge on any atom is 0.411 e. The van der Waals surface area contributed by atoms with E-state index in [4.69, 9.17) is 34.2 Å². The lowest BCUT2D eigenvalue weighted by atomic mass is 9.78. The van der Waals surface area contributed by atoms with E-state index in [2.05, 4.69) is 10.3 Å². The Morgan fingerprint density at radius 1 is 1.02 bits per heavy atom. The van der Waals surface area contributed by atoms with Crippen molar-refractivity contribution in [2.24, 2.45) is 17.8 Å². The van der Waals surface area contributed by atoms with E-state index in [0.29, 0.717) is 37.2 Å². The Hall–Kier alpha value is -4.16. The number of ether oxygens (including phenoxy) is 6. The molecule has 17 nitrogen and oxygen atoms in total. The summed E-state index contributed by atoms with van der Waals surface area (Å²) in [5.41, 5.74) is 5.30. The lowest BCUT2D eigenvalue weighted by Gasteiger charge is -2.43. The number of Topliss-reactive ketones (excluding diaryl/α,β-unsaturated/α-hetero) is 1. The Morgan fingerprint density at radius 2 is 1.70 bits per heavy atom. The third kappa shape index (κ3) is 11.3. The molecule has 4 rings (SSSR count). The molecule has 2 aliphatic rings. The number of nitrogens with zero attached hydrogens (tertiary/aromatic N) is 5. The van der Waals surface area contributed by atoms with Crippen LogP contribution in [0.4, 0.5) is 10.5 Å². The van der Waals surface area contributed by atoms with E-state index in [1.165, 1.54) is 18.9 Å². The number of nitrogens with two attached hydrogens (primary N) is 1. The van der Waals surface area contributed by atoms with Crippen LogP contribution in [0.3, 0.4) is 0 Å². The molecule has 12 atom stereocenters. The number of rotatable bonds is 16. The van der Waals surface area contributed by atoms with Gasteiger partial charge in [-0.2, -0.15) is 0 Å². The van der Waals surface area contributed by atoms with Gasteiger partial charge in [0.05, 0.1) is 23.8 Å². The lowest BCUT2D eigenvalue weighted by molar-refractivity contribution is -0.266. The number of fused-ring (bicyclic) bond motifs is 1. The molecule has 2 fully saturated rings. The van der Waals surface area contributed by atoms with Gasteiger partial charge in [-0.25, -0.2) is 4.79 Å². The molecule has 61 heavy (non-hydrogen) atoms. The summed E-state index contributed by atoms with van der Waals surface area (Å²) in [4.78, 5) is 59.8. The molecule has 2 unspecified atom stereocenters. The number of aryl methyl sites for hydroxylation is 1. The van der Waals surface area contributed by atoms with Gasteiger partial charge in [-0.15, -0.1) is 5.10 Å². The Labute approximate surface area is 360 Å². The van der Waals surface area contributed by atoms with Crippen LogP contribution in [0.5, 0.6) is 0 Å². The lowest BCUT2D eigenvalue weighted by Crippen LogP contribution is -2.58. The number of anilines is 1. The van der Waals surface area contributed by atoms with Crippen molar-refractivity contribution in [1.82, 2.24) is 24.8 Å². The number of hydrogen-bond acceptors (Lipinski definition) is 15. The first-order valence-corrected chi connectivity index (χ1v) is 21.6. The van der Waals surface area contributed by atoms with Gasteiger partial charge < -0.3 is 44.2 Å². The second-order valence-corrected chi connectivity index (χ2v) is 17.2. The molecule has 0 bridgehead atoms. The van der Waals surface area contributed by atoms with Gasteiger partial charge in [-0.3, -0.25) is 24.0 Å². The van der Waals surface area contributed by atoms with Crippen molar-refractivity contribution in [2.45, 2.75) is 155 Å². The van der Waals surface area contributed by atoms with Crippen LogP contribution in [0.2, 0.25) is 0 Å². The fraction of sp³-hybridized carbons (Fsp3) is 0.727. The number of aliphatic hydroxyl groups is 1. The second kappa shape index (κ2) is 21.3. The molecule has 0 saturated carbocycles. The molecular formula is C44H70N6O11. The maximum absolute atomic E-state index is 14.4. The third-order valence-electron chi connectivity index (χ3n) is 12.5. The van der Waals surface area contributed by atoms with Crippen molar-refractivity contribution in [3.05, 3.63) is 30.5 Å². The van der Waals surface area contributed by atoms with Crippen molar-refractivity contribution in [1.29, 1.82) is 0 Å². The highest BCUT2D eigenvalue weighted by Gasteiger charge is 2.60. The average Bonchev–Trinajstić information content (AvgIpc) is 3.80. The van der Waals surface area contributed by atoms with Crippen LogP contribution in [0.25, 0.3) is 11.3 Å². The van der Waals surface area contributed by atoms with Crippen LogP contribution in [0.1, 0.15) is 94.4 Å². The van der Waals surface area contributed by atoms with Crippen molar-refractivity contribution in [3.63, 3.8) is 0 Å². The molecule has 0 spiro atoms. The fourth-order valence-corrected chi connectivity index (χ4v) is 9.02. The molecular weight excluding hydrogens is 789 g/mol. The fourth-order valence-electron chi connectivity index (χ4n) is 9.02. The maximum atomic E-state index is 14.4. The molecule has 2 aromatic rings. The zero-order valence-electron chi connectivity index (χ0n) is 38.2. The number of nitrogen functional groups attached to an aromatic ring is 1. The number of aliphatic hydroxyl groups excluding tert-OH is 1. The van der Waals surface area contributed by atoms with Crippen molar-refractivity contribution < 1.29 is 52.7 Å². The Balaban J connectivity index is 1.65. The number of unbranched alkanes of at least 4 members (excludes halogenated alkanes) is 1. The van der Waals surface area contributed by atoms with E-state index in [9.17, 15) is 24.3 Å². The van der Waals surface area contributed by atoms with Gasteiger partial charge in [0.25, 0.3) is 0 Å². The van der Waals surface area contributed by atoms with Gasteiger partial charge in [0.1, 0.15) is 36.0 Å². The smallest absolute Gasteiger partial charge is 0.411 e. The number of aromatic nitrogens is 3. The number of amides is 1. The number of carbonyl (C=O) groups is 4. The summed E-state index contributed by atoms with van der Waals surface area (Å²) in [5.74, 6) is -4.99. The summed E-state index contributed by atoms with van der Waals surface area (Å²) >= 11 is 0. The minimum absolute atomic E-state index is 0.0241. The minimum atomic E-state index is -1.47. The van der Waals surface area contributed by atoms with E-state index in [-0.39, 0.29) is 32.0 Å². The third-order valence-corrected chi connectivity index (χ3v) is 12.5. The number of cyclic esters (lactones) is 2. The SMILES string of the molecule is CCO[C@@H](O[C@@H]1[C@@H](C)C(=O)[C@@H](C)C(=O)O[C@H](CC)[C@@]2(C)OC(=O)N(CCCCn3cc(-c4cccc(N)c4)nn3)[C@@H]2[C@@H](C)OC(=O)[C@H](C)C[C@@]1(C)OC)C(O)C(CC)N(C)C. The predicted molar refractivity (Wildman–Crippen MR) is 227 cm³/mol. The number of carbonyl (C=O) groups excluding carboxylic acids is 4. The van der Waals surface area contributed by atoms with E-state index in [1.807, 2.05) is 50.3 Å². The predicted octanol–water partition coefficient (Wildman–Crippen LogP) is 4.88.